The molecule has 6 nitrogen and oxygen atoms in total. The van der Waals surface area contributed by atoms with Gasteiger partial charge in [-0.1, -0.05) is 53.0 Å². The molecule has 0 bridgehead atoms. The maximum absolute atomic E-state index is 12.2. The predicted molar refractivity (Wildman–Crippen MR) is 126 cm³/mol. The first-order valence-electron chi connectivity index (χ1n) is 8.89. The van der Waals surface area contributed by atoms with Crippen molar-refractivity contribution >= 4 is 69.4 Å². The third-order valence-electron chi connectivity index (χ3n) is 3.97. The SMILES string of the molecule is CC(=NNC(=O)COc1cc(Cl)c(Cl)cc1Cl)c1cccc(NC(=O)c2cccs2)c1. The Hall–Kier alpha value is -2.58. The Morgan fingerprint density at radius 2 is 1.81 bits per heavy atom. The smallest absolute Gasteiger partial charge is 0.277 e. The summed E-state index contributed by atoms with van der Waals surface area (Å²) in [7, 11) is 0. The molecular formula is C21H16Cl3N3O3S. The fourth-order valence-electron chi connectivity index (χ4n) is 2.42. The standard InChI is InChI=1S/C21H16Cl3N3O3S/c1-12(13-4-2-5-14(8-13)25-21(29)19-6-3-7-31-19)26-27-20(28)11-30-18-10-16(23)15(22)9-17(18)24/h2-10H,11H2,1H3,(H,25,29)(H,27,28). The predicted octanol–water partition coefficient (Wildman–Crippen LogP) is 5.88. The van der Waals surface area contributed by atoms with Gasteiger partial charge in [0, 0.05) is 11.8 Å². The van der Waals surface area contributed by atoms with E-state index in [-0.39, 0.29) is 33.3 Å². The number of hydrogen-bond acceptors (Lipinski definition) is 5. The number of hydrazone groups is 1. The summed E-state index contributed by atoms with van der Waals surface area (Å²) in [5.41, 5.74) is 4.32. The molecule has 31 heavy (non-hydrogen) atoms. The zero-order valence-corrected chi connectivity index (χ0v) is 19.2. The molecule has 2 aromatic carbocycles. The molecule has 0 aliphatic carbocycles. The van der Waals surface area contributed by atoms with Crippen LogP contribution in [0.15, 0.2) is 59.0 Å². The molecular weight excluding hydrogens is 481 g/mol. The first-order valence-corrected chi connectivity index (χ1v) is 10.9. The highest BCUT2D eigenvalue weighted by molar-refractivity contribution is 7.12. The molecule has 1 aromatic heterocycles. The summed E-state index contributed by atoms with van der Waals surface area (Å²) in [6.07, 6.45) is 0. The number of rotatable bonds is 7. The summed E-state index contributed by atoms with van der Waals surface area (Å²) >= 11 is 19.2. The quantitative estimate of drug-likeness (QED) is 0.243. The molecule has 0 aliphatic heterocycles. The molecule has 0 unspecified atom stereocenters. The second kappa shape index (κ2) is 10.6. The summed E-state index contributed by atoms with van der Waals surface area (Å²) in [5.74, 6) is -0.432. The minimum Gasteiger partial charge on any atom is -0.482 e. The average molecular weight is 497 g/mol. The lowest BCUT2D eigenvalue weighted by molar-refractivity contribution is -0.123. The zero-order valence-electron chi connectivity index (χ0n) is 16.1. The fourth-order valence-corrected chi connectivity index (χ4v) is 3.63. The Kier molecular flexibility index (Phi) is 7.92. The number of thiophene rings is 1. The van der Waals surface area contributed by atoms with Crippen LogP contribution in [0.3, 0.4) is 0 Å². The molecule has 3 aromatic rings. The molecule has 0 saturated heterocycles. The number of nitrogens with zero attached hydrogens (tertiary/aromatic N) is 1. The molecule has 0 spiro atoms. The molecule has 160 valence electrons. The summed E-state index contributed by atoms with van der Waals surface area (Å²) in [4.78, 5) is 24.9. The molecule has 0 atom stereocenters. The molecule has 1 heterocycles. The van der Waals surface area contributed by atoms with Gasteiger partial charge in [-0.3, -0.25) is 9.59 Å². The first-order chi connectivity index (χ1) is 14.8. The highest BCUT2D eigenvalue weighted by Gasteiger charge is 2.10. The van der Waals surface area contributed by atoms with Gasteiger partial charge in [-0.05, 0) is 42.1 Å². The summed E-state index contributed by atoms with van der Waals surface area (Å²) in [6, 6.07) is 13.6. The fraction of sp³-hybridized carbons (Fsp3) is 0.0952. The van der Waals surface area contributed by atoms with E-state index in [0.29, 0.717) is 16.3 Å². The third-order valence-corrected chi connectivity index (χ3v) is 5.85. The van der Waals surface area contributed by atoms with Crippen LogP contribution in [-0.2, 0) is 4.79 Å². The van der Waals surface area contributed by atoms with E-state index in [2.05, 4.69) is 15.8 Å². The van der Waals surface area contributed by atoms with Crippen molar-refractivity contribution in [3.8, 4) is 5.75 Å². The van der Waals surface area contributed by atoms with Crippen molar-refractivity contribution in [2.24, 2.45) is 5.10 Å². The van der Waals surface area contributed by atoms with E-state index in [1.807, 2.05) is 17.5 Å². The number of anilines is 1. The largest absolute Gasteiger partial charge is 0.482 e. The minimum absolute atomic E-state index is 0.187. The van der Waals surface area contributed by atoms with E-state index < -0.39 is 5.91 Å². The number of benzene rings is 2. The molecule has 2 amide bonds. The van der Waals surface area contributed by atoms with Crippen LogP contribution in [0, 0.1) is 0 Å². The van der Waals surface area contributed by atoms with Gasteiger partial charge in [0.25, 0.3) is 11.8 Å². The molecule has 0 fully saturated rings. The van der Waals surface area contributed by atoms with Crippen molar-refractivity contribution in [2.45, 2.75) is 6.92 Å². The lowest BCUT2D eigenvalue weighted by Gasteiger charge is -2.09. The molecule has 0 radical (unpaired) electrons. The normalized spacial score (nSPS) is 11.2. The molecule has 2 N–H and O–H groups in total. The highest BCUT2D eigenvalue weighted by Crippen LogP contribution is 2.33. The van der Waals surface area contributed by atoms with Crippen LogP contribution >= 0.6 is 46.1 Å². The summed E-state index contributed by atoms with van der Waals surface area (Å²) in [5, 5.41) is 9.54. The Bertz CT molecular complexity index is 1130. The Morgan fingerprint density at radius 3 is 2.55 bits per heavy atom. The lowest BCUT2D eigenvalue weighted by Crippen LogP contribution is -2.25. The first kappa shape index (κ1) is 23.1. The van der Waals surface area contributed by atoms with Gasteiger partial charge in [0.2, 0.25) is 0 Å². The third kappa shape index (κ3) is 6.45. The van der Waals surface area contributed by atoms with Crippen molar-refractivity contribution in [1.29, 1.82) is 0 Å². The van der Waals surface area contributed by atoms with E-state index in [4.69, 9.17) is 39.5 Å². The number of ether oxygens (including phenoxy) is 1. The number of carbonyl (C=O) groups is 2. The maximum atomic E-state index is 12.2. The molecule has 10 heteroatoms. The van der Waals surface area contributed by atoms with Crippen LogP contribution in [0.5, 0.6) is 5.75 Å². The second-order valence-corrected chi connectivity index (χ2v) is 8.40. The Balaban J connectivity index is 1.58. The monoisotopic (exact) mass is 495 g/mol. The van der Waals surface area contributed by atoms with Crippen LogP contribution in [-0.4, -0.2) is 24.1 Å². The van der Waals surface area contributed by atoms with Crippen molar-refractivity contribution in [1.82, 2.24) is 5.43 Å². The number of carbonyl (C=O) groups excluding carboxylic acids is 2. The van der Waals surface area contributed by atoms with E-state index >= 15 is 0 Å². The maximum Gasteiger partial charge on any atom is 0.277 e. The van der Waals surface area contributed by atoms with E-state index in [1.54, 1.807) is 31.2 Å². The van der Waals surface area contributed by atoms with E-state index in [1.165, 1.54) is 23.5 Å². The van der Waals surface area contributed by atoms with Crippen LogP contribution in [0.1, 0.15) is 22.2 Å². The van der Waals surface area contributed by atoms with Gasteiger partial charge < -0.3 is 10.1 Å². The van der Waals surface area contributed by atoms with Gasteiger partial charge in [0.15, 0.2) is 6.61 Å². The van der Waals surface area contributed by atoms with E-state index in [9.17, 15) is 9.59 Å². The van der Waals surface area contributed by atoms with Gasteiger partial charge in [0.1, 0.15) is 5.75 Å². The second-order valence-electron chi connectivity index (χ2n) is 6.23. The van der Waals surface area contributed by atoms with Crippen molar-refractivity contribution in [3.05, 3.63) is 79.4 Å². The number of halogens is 3. The van der Waals surface area contributed by atoms with Crippen molar-refractivity contribution in [2.75, 3.05) is 11.9 Å². The molecule has 3 rings (SSSR count). The van der Waals surface area contributed by atoms with Gasteiger partial charge >= 0.3 is 0 Å². The van der Waals surface area contributed by atoms with Gasteiger partial charge in [-0.15, -0.1) is 11.3 Å². The van der Waals surface area contributed by atoms with Crippen LogP contribution in [0.2, 0.25) is 15.1 Å². The number of amides is 2. The van der Waals surface area contributed by atoms with Crippen LogP contribution in [0.4, 0.5) is 5.69 Å². The highest BCUT2D eigenvalue weighted by atomic mass is 35.5. The lowest BCUT2D eigenvalue weighted by atomic mass is 10.1. The topological polar surface area (TPSA) is 79.8 Å². The van der Waals surface area contributed by atoms with Crippen molar-refractivity contribution < 1.29 is 14.3 Å². The number of hydrogen-bond donors (Lipinski definition) is 2. The van der Waals surface area contributed by atoms with Gasteiger partial charge in [-0.2, -0.15) is 5.10 Å². The molecule has 0 saturated carbocycles. The minimum atomic E-state index is -0.483. The van der Waals surface area contributed by atoms with Crippen LogP contribution < -0.4 is 15.5 Å². The zero-order chi connectivity index (χ0) is 22.4. The average Bonchev–Trinajstić information content (AvgIpc) is 3.29. The number of nitrogens with one attached hydrogen (secondary N) is 2. The van der Waals surface area contributed by atoms with Gasteiger partial charge in [-0.25, -0.2) is 5.43 Å². The molecule has 0 aliphatic rings. The Morgan fingerprint density at radius 1 is 1.03 bits per heavy atom. The van der Waals surface area contributed by atoms with Crippen molar-refractivity contribution in [3.63, 3.8) is 0 Å². The van der Waals surface area contributed by atoms with E-state index in [0.717, 1.165) is 5.56 Å². The summed E-state index contributed by atoms with van der Waals surface area (Å²) < 4.78 is 5.37. The van der Waals surface area contributed by atoms with Gasteiger partial charge in [0.05, 0.1) is 25.7 Å². The summed E-state index contributed by atoms with van der Waals surface area (Å²) in [6.45, 7) is 1.42. The Labute approximate surface area is 197 Å². The van der Waals surface area contributed by atoms with Crippen LogP contribution in [0.25, 0.3) is 0 Å².